The molecule has 2 amide bonds. The molecule has 1 aromatic carbocycles. The van der Waals surface area contributed by atoms with Gasteiger partial charge in [-0.15, -0.1) is 0 Å². The average molecular weight is 338 g/mol. The lowest BCUT2D eigenvalue weighted by Crippen LogP contribution is -2.32. The number of carbonyl (C=O) groups is 2. The highest BCUT2D eigenvalue weighted by molar-refractivity contribution is 5.89. The highest BCUT2D eigenvalue weighted by Crippen LogP contribution is 2.18. The van der Waals surface area contributed by atoms with Crippen LogP contribution in [0.25, 0.3) is 0 Å². The van der Waals surface area contributed by atoms with Crippen LogP contribution in [0.5, 0.6) is 0 Å². The quantitative estimate of drug-likeness (QED) is 0.836. The van der Waals surface area contributed by atoms with Crippen molar-refractivity contribution >= 4 is 17.6 Å². The first kappa shape index (κ1) is 17.0. The molecule has 0 unspecified atom stereocenters. The molecule has 25 heavy (non-hydrogen) atoms. The summed E-state index contributed by atoms with van der Waals surface area (Å²) < 4.78 is 0. The summed E-state index contributed by atoms with van der Waals surface area (Å²) in [5.74, 6) is 0.394. The molecule has 1 fully saturated rings. The van der Waals surface area contributed by atoms with Gasteiger partial charge in [-0.05, 0) is 11.6 Å². The predicted octanol–water partition coefficient (Wildman–Crippen LogP) is 1.47. The van der Waals surface area contributed by atoms with E-state index in [0.717, 1.165) is 17.9 Å². The van der Waals surface area contributed by atoms with E-state index in [4.69, 9.17) is 0 Å². The third-order valence-electron chi connectivity index (χ3n) is 4.29. The fourth-order valence-corrected chi connectivity index (χ4v) is 2.96. The Morgan fingerprint density at radius 2 is 2.08 bits per heavy atom. The van der Waals surface area contributed by atoms with E-state index in [9.17, 15) is 9.59 Å². The fourth-order valence-electron chi connectivity index (χ4n) is 2.96. The molecule has 0 bridgehead atoms. The molecular formula is C19H22N4O2. The van der Waals surface area contributed by atoms with Crippen LogP contribution in [0, 0.1) is 5.92 Å². The smallest absolute Gasteiger partial charge is 0.225 e. The maximum atomic E-state index is 12.2. The zero-order valence-electron chi connectivity index (χ0n) is 14.2. The maximum absolute atomic E-state index is 12.2. The normalized spacial score (nSPS) is 16.4. The summed E-state index contributed by atoms with van der Waals surface area (Å²) in [6.45, 7) is 1.55. The Kier molecular flexibility index (Phi) is 5.28. The standard InChI is InChI=1S/C19H22N4O2/c1-23(13-14-6-3-2-4-7-14)18-15(8-5-9-20-18)11-22-19(25)16-10-17(24)21-12-16/h2-9,16H,10-13H2,1H3,(H,21,24)(H,22,25)/t16-/m1/s1. The van der Waals surface area contributed by atoms with E-state index in [1.807, 2.05) is 37.4 Å². The number of amides is 2. The van der Waals surface area contributed by atoms with Crippen molar-refractivity contribution in [1.82, 2.24) is 15.6 Å². The fraction of sp³-hybridized carbons (Fsp3) is 0.316. The van der Waals surface area contributed by atoms with E-state index in [0.29, 0.717) is 13.1 Å². The Bertz CT molecular complexity index is 748. The van der Waals surface area contributed by atoms with Gasteiger partial charge in [0.1, 0.15) is 5.82 Å². The number of pyridine rings is 1. The molecule has 0 spiro atoms. The lowest BCUT2D eigenvalue weighted by atomic mass is 10.1. The molecule has 1 aliphatic rings. The molecule has 0 saturated carbocycles. The zero-order chi connectivity index (χ0) is 17.6. The third kappa shape index (κ3) is 4.35. The Morgan fingerprint density at radius 3 is 2.80 bits per heavy atom. The highest BCUT2D eigenvalue weighted by atomic mass is 16.2. The summed E-state index contributed by atoms with van der Waals surface area (Å²) in [5, 5.41) is 5.61. The van der Waals surface area contributed by atoms with Crippen molar-refractivity contribution in [3.05, 3.63) is 59.8 Å². The molecule has 0 radical (unpaired) electrons. The molecule has 3 rings (SSSR count). The van der Waals surface area contributed by atoms with Gasteiger partial charge in [-0.3, -0.25) is 9.59 Å². The molecule has 2 heterocycles. The van der Waals surface area contributed by atoms with Crippen molar-refractivity contribution < 1.29 is 9.59 Å². The van der Waals surface area contributed by atoms with Crippen LogP contribution in [0.2, 0.25) is 0 Å². The topological polar surface area (TPSA) is 74.3 Å². The Morgan fingerprint density at radius 1 is 1.28 bits per heavy atom. The number of nitrogens with one attached hydrogen (secondary N) is 2. The molecule has 6 nitrogen and oxygen atoms in total. The summed E-state index contributed by atoms with van der Waals surface area (Å²) in [6.07, 6.45) is 2.02. The highest BCUT2D eigenvalue weighted by Gasteiger charge is 2.27. The lowest BCUT2D eigenvalue weighted by molar-refractivity contribution is -0.126. The SMILES string of the molecule is CN(Cc1ccccc1)c1ncccc1CNC(=O)[C@H]1CNC(=O)C1. The molecular weight excluding hydrogens is 316 g/mol. The zero-order valence-corrected chi connectivity index (χ0v) is 14.2. The monoisotopic (exact) mass is 338 g/mol. The summed E-state index contributed by atoms with van der Waals surface area (Å²) in [6, 6.07) is 14.0. The van der Waals surface area contributed by atoms with Gasteiger partial charge in [0.2, 0.25) is 11.8 Å². The summed E-state index contributed by atoms with van der Waals surface area (Å²) in [4.78, 5) is 30.0. The van der Waals surface area contributed by atoms with E-state index in [2.05, 4.69) is 32.7 Å². The second-order valence-electron chi connectivity index (χ2n) is 6.25. The Hall–Kier alpha value is -2.89. The minimum absolute atomic E-state index is 0.0650. The minimum atomic E-state index is -0.283. The molecule has 1 saturated heterocycles. The van der Waals surface area contributed by atoms with Crippen molar-refractivity contribution in [2.24, 2.45) is 5.92 Å². The van der Waals surface area contributed by atoms with Crippen molar-refractivity contribution in [2.75, 3.05) is 18.5 Å². The molecule has 1 aromatic heterocycles. The summed E-state index contributed by atoms with van der Waals surface area (Å²) in [5.41, 5.74) is 2.15. The van der Waals surface area contributed by atoms with E-state index in [1.54, 1.807) is 6.20 Å². The van der Waals surface area contributed by atoms with Gasteiger partial charge >= 0.3 is 0 Å². The summed E-state index contributed by atoms with van der Waals surface area (Å²) in [7, 11) is 1.99. The van der Waals surface area contributed by atoms with Crippen molar-refractivity contribution in [3.8, 4) is 0 Å². The number of rotatable bonds is 6. The van der Waals surface area contributed by atoms with E-state index >= 15 is 0 Å². The van der Waals surface area contributed by atoms with Crippen LogP contribution >= 0.6 is 0 Å². The van der Waals surface area contributed by atoms with Gasteiger partial charge < -0.3 is 15.5 Å². The number of nitrogens with zero attached hydrogens (tertiary/aromatic N) is 2. The number of anilines is 1. The first-order chi connectivity index (χ1) is 12.1. The van der Waals surface area contributed by atoms with Gasteiger partial charge in [-0.25, -0.2) is 4.98 Å². The van der Waals surface area contributed by atoms with Crippen LogP contribution in [0.15, 0.2) is 48.7 Å². The number of aromatic nitrogens is 1. The molecule has 1 atom stereocenters. The molecule has 6 heteroatoms. The molecule has 1 aliphatic heterocycles. The molecule has 2 N–H and O–H groups in total. The van der Waals surface area contributed by atoms with Gasteiger partial charge in [-0.2, -0.15) is 0 Å². The maximum Gasteiger partial charge on any atom is 0.225 e. The van der Waals surface area contributed by atoms with Crippen molar-refractivity contribution in [2.45, 2.75) is 19.5 Å². The van der Waals surface area contributed by atoms with Gasteiger partial charge in [-0.1, -0.05) is 36.4 Å². The van der Waals surface area contributed by atoms with Gasteiger partial charge in [0.05, 0.1) is 5.92 Å². The molecule has 130 valence electrons. The second-order valence-corrected chi connectivity index (χ2v) is 6.25. The Balaban J connectivity index is 1.64. The van der Waals surface area contributed by atoms with Crippen LogP contribution in [-0.4, -0.2) is 30.4 Å². The van der Waals surface area contributed by atoms with Crippen LogP contribution in [0.3, 0.4) is 0 Å². The van der Waals surface area contributed by atoms with Crippen LogP contribution in [0.1, 0.15) is 17.5 Å². The van der Waals surface area contributed by atoms with E-state index in [-0.39, 0.29) is 24.2 Å². The minimum Gasteiger partial charge on any atom is -0.355 e. The predicted molar refractivity (Wildman–Crippen MR) is 95.7 cm³/mol. The molecule has 0 aliphatic carbocycles. The largest absolute Gasteiger partial charge is 0.355 e. The van der Waals surface area contributed by atoms with Crippen molar-refractivity contribution in [3.63, 3.8) is 0 Å². The third-order valence-corrected chi connectivity index (χ3v) is 4.29. The van der Waals surface area contributed by atoms with Gasteiger partial charge in [0.25, 0.3) is 0 Å². The second kappa shape index (κ2) is 7.79. The average Bonchev–Trinajstić information content (AvgIpc) is 3.07. The number of hydrogen-bond acceptors (Lipinski definition) is 4. The van der Waals surface area contributed by atoms with Crippen molar-refractivity contribution in [1.29, 1.82) is 0 Å². The van der Waals surface area contributed by atoms with Crippen LogP contribution in [-0.2, 0) is 22.7 Å². The number of carbonyl (C=O) groups excluding carboxylic acids is 2. The first-order valence-corrected chi connectivity index (χ1v) is 8.37. The first-order valence-electron chi connectivity index (χ1n) is 8.37. The summed E-state index contributed by atoms with van der Waals surface area (Å²) >= 11 is 0. The van der Waals surface area contributed by atoms with Crippen LogP contribution in [0.4, 0.5) is 5.82 Å². The van der Waals surface area contributed by atoms with Gasteiger partial charge in [0, 0.05) is 44.9 Å². The Labute approximate surface area is 147 Å². The van der Waals surface area contributed by atoms with Gasteiger partial charge in [0.15, 0.2) is 0 Å². The van der Waals surface area contributed by atoms with Crippen LogP contribution < -0.4 is 15.5 Å². The number of benzene rings is 1. The lowest BCUT2D eigenvalue weighted by Gasteiger charge is -2.21. The number of hydrogen-bond donors (Lipinski definition) is 2. The molecule has 2 aromatic rings. The van der Waals surface area contributed by atoms with E-state index in [1.165, 1.54) is 5.56 Å². The van der Waals surface area contributed by atoms with E-state index < -0.39 is 0 Å².